The van der Waals surface area contributed by atoms with Gasteiger partial charge in [-0.25, -0.2) is 0 Å². The van der Waals surface area contributed by atoms with E-state index in [9.17, 15) is 5.21 Å². The van der Waals surface area contributed by atoms with E-state index in [4.69, 9.17) is 0 Å². The third kappa shape index (κ3) is 3.37. The van der Waals surface area contributed by atoms with Crippen LogP contribution in [0.25, 0.3) is 6.08 Å². The van der Waals surface area contributed by atoms with Gasteiger partial charge in [0.1, 0.15) is 7.11 Å². The van der Waals surface area contributed by atoms with Crippen molar-refractivity contribution in [1.29, 1.82) is 0 Å². The summed E-state index contributed by atoms with van der Waals surface area (Å²) in [5.74, 6) is 0. The van der Waals surface area contributed by atoms with Gasteiger partial charge in [0.25, 0.3) is 0 Å². The van der Waals surface area contributed by atoms with Crippen LogP contribution in [0.1, 0.15) is 5.56 Å². The molecule has 1 rings (SSSR count). The smallest absolute Gasteiger partial charge is 0.213 e. The summed E-state index contributed by atoms with van der Waals surface area (Å²) >= 11 is 0. The van der Waals surface area contributed by atoms with Crippen LogP contribution < -0.4 is 0 Å². The lowest BCUT2D eigenvalue weighted by atomic mass is 10.2. The Bertz CT molecular complexity index is 307. The van der Waals surface area contributed by atoms with Gasteiger partial charge in [0.05, 0.1) is 0 Å². The molecule has 13 heavy (non-hydrogen) atoms. The topological polar surface area (TPSA) is 47.7 Å². The molecule has 0 radical (unpaired) electrons. The van der Waals surface area contributed by atoms with Gasteiger partial charge in [0.15, 0.2) is 0 Å². The van der Waals surface area contributed by atoms with E-state index in [1.807, 2.05) is 30.3 Å². The van der Waals surface area contributed by atoms with Gasteiger partial charge in [-0.2, -0.15) is 0 Å². The molecule has 0 bridgehead atoms. The number of hydroxylamine groups is 1. The lowest BCUT2D eigenvalue weighted by Gasteiger charge is -1.91. The highest BCUT2D eigenvalue weighted by atomic mass is 16.7. The first-order valence-electron chi connectivity index (χ1n) is 3.76. The van der Waals surface area contributed by atoms with E-state index in [1.165, 1.54) is 13.3 Å². The van der Waals surface area contributed by atoms with Crippen LogP contribution in [0.2, 0.25) is 0 Å². The van der Waals surface area contributed by atoms with E-state index in [2.05, 4.69) is 10.1 Å². The van der Waals surface area contributed by atoms with Gasteiger partial charge in [-0.15, -0.1) is 0 Å². The molecule has 1 aromatic rings. The second kappa shape index (κ2) is 4.92. The van der Waals surface area contributed by atoms with E-state index in [1.54, 1.807) is 6.08 Å². The fourth-order valence-corrected chi connectivity index (χ4v) is 0.822. The van der Waals surface area contributed by atoms with E-state index in [0.29, 0.717) is 4.86 Å². The molecule has 0 atom stereocenters. The molecule has 4 heteroatoms. The molecule has 0 heterocycles. The average molecular weight is 178 g/mol. The minimum Gasteiger partial charge on any atom is -0.592 e. The predicted octanol–water partition coefficient (Wildman–Crippen LogP) is 2.18. The largest absolute Gasteiger partial charge is 0.592 e. The Morgan fingerprint density at radius 1 is 1.38 bits per heavy atom. The maximum atomic E-state index is 10.8. The Kier molecular flexibility index (Phi) is 3.50. The summed E-state index contributed by atoms with van der Waals surface area (Å²) in [7, 11) is 1.32. The zero-order valence-corrected chi connectivity index (χ0v) is 7.25. The predicted molar refractivity (Wildman–Crippen MR) is 48.5 cm³/mol. The minimum absolute atomic E-state index is 0.354. The SMILES string of the molecule is CON=[N+]([O-])C=Cc1ccccc1. The molecule has 0 unspecified atom stereocenters. The van der Waals surface area contributed by atoms with E-state index < -0.39 is 0 Å². The van der Waals surface area contributed by atoms with E-state index >= 15 is 0 Å². The number of hydrogen-bond acceptors (Lipinski definition) is 3. The summed E-state index contributed by atoms with van der Waals surface area (Å²) in [6, 6.07) is 9.46. The van der Waals surface area contributed by atoms with Crippen molar-refractivity contribution in [3.63, 3.8) is 0 Å². The third-order valence-electron chi connectivity index (χ3n) is 1.36. The lowest BCUT2D eigenvalue weighted by Crippen LogP contribution is -1.88. The molecular weight excluding hydrogens is 168 g/mol. The molecule has 0 amide bonds. The van der Waals surface area contributed by atoms with Gasteiger partial charge in [-0.05, 0) is 10.4 Å². The van der Waals surface area contributed by atoms with Crippen molar-refractivity contribution in [2.45, 2.75) is 0 Å². The molecular formula is C9H10N2O2. The van der Waals surface area contributed by atoms with Crippen LogP contribution in [0.15, 0.2) is 41.8 Å². The van der Waals surface area contributed by atoms with Crippen LogP contribution in [-0.2, 0) is 4.84 Å². The summed E-state index contributed by atoms with van der Waals surface area (Å²) in [5.41, 5.74) is 0.939. The molecule has 4 nitrogen and oxygen atoms in total. The van der Waals surface area contributed by atoms with Crippen molar-refractivity contribution in [3.8, 4) is 0 Å². The Morgan fingerprint density at radius 3 is 2.69 bits per heavy atom. The molecule has 0 aliphatic rings. The van der Waals surface area contributed by atoms with Gasteiger partial charge in [-0.3, -0.25) is 0 Å². The average Bonchev–Trinajstić information content (AvgIpc) is 2.17. The third-order valence-corrected chi connectivity index (χ3v) is 1.36. The van der Waals surface area contributed by atoms with Crippen molar-refractivity contribution < 1.29 is 9.70 Å². The summed E-state index contributed by atoms with van der Waals surface area (Å²) in [6.07, 6.45) is 2.92. The zero-order valence-electron chi connectivity index (χ0n) is 7.25. The van der Waals surface area contributed by atoms with Crippen molar-refractivity contribution in [2.24, 2.45) is 5.28 Å². The second-order valence-corrected chi connectivity index (χ2v) is 2.29. The molecule has 1 aromatic carbocycles. The van der Waals surface area contributed by atoms with Crippen LogP contribution in [0, 0.1) is 5.21 Å². The van der Waals surface area contributed by atoms with Gasteiger partial charge in [0.2, 0.25) is 11.5 Å². The highest BCUT2D eigenvalue weighted by Gasteiger charge is 1.87. The van der Waals surface area contributed by atoms with Gasteiger partial charge in [-0.1, -0.05) is 30.3 Å². The normalized spacial score (nSPS) is 11.9. The first-order chi connectivity index (χ1) is 6.33. The molecule has 0 spiro atoms. The first-order valence-corrected chi connectivity index (χ1v) is 3.76. The van der Waals surface area contributed by atoms with E-state index in [0.717, 1.165) is 5.56 Å². The molecule has 0 aliphatic heterocycles. The van der Waals surface area contributed by atoms with Crippen LogP contribution in [0.4, 0.5) is 0 Å². The Hall–Kier alpha value is -1.84. The van der Waals surface area contributed by atoms with Crippen LogP contribution >= 0.6 is 0 Å². The first kappa shape index (κ1) is 9.25. The van der Waals surface area contributed by atoms with Gasteiger partial charge in [0, 0.05) is 6.08 Å². The summed E-state index contributed by atoms with van der Waals surface area (Å²) < 4.78 is 0. The van der Waals surface area contributed by atoms with Crippen molar-refractivity contribution in [1.82, 2.24) is 0 Å². The summed E-state index contributed by atoms with van der Waals surface area (Å²) in [4.78, 5) is 4.63. The van der Waals surface area contributed by atoms with Crippen molar-refractivity contribution >= 4 is 6.08 Å². The molecule has 0 fully saturated rings. The maximum Gasteiger partial charge on any atom is 0.213 e. The maximum absolute atomic E-state index is 10.8. The lowest BCUT2D eigenvalue weighted by molar-refractivity contribution is -0.490. The summed E-state index contributed by atoms with van der Waals surface area (Å²) in [5, 5.41) is 13.9. The zero-order chi connectivity index (χ0) is 9.52. The van der Waals surface area contributed by atoms with Crippen LogP contribution in [0.5, 0.6) is 0 Å². The van der Waals surface area contributed by atoms with Crippen LogP contribution in [0.3, 0.4) is 0 Å². The second-order valence-electron chi connectivity index (χ2n) is 2.29. The number of rotatable bonds is 3. The minimum atomic E-state index is 0.354. The van der Waals surface area contributed by atoms with Crippen LogP contribution in [-0.4, -0.2) is 12.0 Å². The monoisotopic (exact) mass is 178 g/mol. The molecule has 0 aliphatic carbocycles. The number of nitrogens with zero attached hydrogens (tertiary/aromatic N) is 2. The molecule has 0 saturated carbocycles. The van der Waals surface area contributed by atoms with Crippen molar-refractivity contribution in [3.05, 3.63) is 47.3 Å². The molecule has 0 aromatic heterocycles. The quantitative estimate of drug-likeness (QED) is 0.404. The Labute approximate surface area is 76.3 Å². The standard InChI is InChI=1S/C9H10N2O2/c1-13-10-11(12)8-7-9-5-3-2-4-6-9/h2-8H,1H3. The molecule has 0 saturated heterocycles. The van der Waals surface area contributed by atoms with Gasteiger partial charge >= 0.3 is 0 Å². The summed E-state index contributed by atoms with van der Waals surface area (Å²) in [6.45, 7) is 0. The Balaban J connectivity index is 2.64. The fraction of sp³-hybridized carbons (Fsp3) is 0.111. The molecule has 68 valence electrons. The highest BCUT2D eigenvalue weighted by Crippen LogP contribution is 2.00. The Morgan fingerprint density at radius 2 is 2.08 bits per heavy atom. The number of benzene rings is 1. The van der Waals surface area contributed by atoms with Crippen molar-refractivity contribution in [2.75, 3.05) is 7.11 Å². The van der Waals surface area contributed by atoms with Gasteiger partial charge < -0.3 is 10.0 Å². The fourth-order valence-electron chi connectivity index (χ4n) is 0.822. The number of hydrogen-bond donors (Lipinski definition) is 0. The highest BCUT2D eigenvalue weighted by molar-refractivity contribution is 5.47. The van der Waals surface area contributed by atoms with E-state index in [-0.39, 0.29) is 0 Å². The molecule has 0 N–H and O–H groups in total.